The molecule has 0 spiro atoms. The first-order valence-corrected chi connectivity index (χ1v) is 6.38. The summed E-state index contributed by atoms with van der Waals surface area (Å²) in [5, 5.41) is 0. The fourth-order valence-electron chi connectivity index (χ4n) is 1.37. The zero-order chi connectivity index (χ0) is 10.6. The topological polar surface area (TPSA) is 46.2 Å². The average molecular weight is 213 g/mol. The molecule has 0 aromatic heterocycles. The lowest BCUT2D eigenvalue weighted by Crippen LogP contribution is -2.33. The van der Waals surface area contributed by atoms with Crippen molar-refractivity contribution in [1.29, 1.82) is 0 Å². The summed E-state index contributed by atoms with van der Waals surface area (Å²) in [6, 6.07) is 9.75. The van der Waals surface area contributed by atoms with E-state index >= 15 is 0 Å². The Bertz CT molecular complexity index is 372. The molecule has 14 heavy (non-hydrogen) atoms. The Kier molecular flexibility index (Phi) is 3.66. The Morgan fingerprint density at radius 1 is 1.29 bits per heavy atom. The van der Waals surface area contributed by atoms with Crippen LogP contribution in [0.1, 0.15) is 12.5 Å². The SMILES string of the molecule is C[C@@H](Cc1ccccc1)NS(C)(=O)=O. The minimum Gasteiger partial charge on any atom is -0.213 e. The van der Waals surface area contributed by atoms with Gasteiger partial charge in [-0.05, 0) is 18.9 Å². The first-order chi connectivity index (χ1) is 6.47. The van der Waals surface area contributed by atoms with Gasteiger partial charge in [0, 0.05) is 6.04 Å². The van der Waals surface area contributed by atoms with Gasteiger partial charge in [0.2, 0.25) is 10.0 Å². The first-order valence-electron chi connectivity index (χ1n) is 4.48. The van der Waals surface area contributed by atoms with Crippen LogP contribution in [-0.4, -0.2) is 20.7 Å². The molecule has 0 fully saturated rings. The molecule has 1 aromatic carbocycles. The number of sulfonamides is 1. The molecule has 0 radical (unpaired) electrons. The quantitative estimate of drug-likeness (QED) is 0.816. The maximum Gasteiger partial charge on any atom is 0.208 e. The van der Waals surface area contributed by atoms with Crippen LogP contribution in [0, 0.1) is 0 Å². The highest BCUT2D eigenvalue weighted by Crippen LogP contribution is 2.02. The third-order valence-electron chi connectivity index (χ3n) is 1.80. The molecule has 78 valence electrons. The molecular formula is C10H15NO2S. The maximum absolute atomic E-state index is 10.9. The van der Waals surface area contributed by atoms with Crippen LogP contribution in [0.2, 0.25) is 0 Å². The highest BCUT2D eigenvalue weighted by molar-refractivity contribution is 7.88. The van der Waals surface area contributed by atoms with Crippen LogP contribution in [0.4, 0.5) is 0 Å². The normalized spacial score (nSPS) is 13.9. The molecular weight excluding hydrogens is 198 g/mol. The van der Waals surface area contributed by atoms with E-state index in [4.69, 9.17) is 0 Å². The van der Waals surface area contributed by atoms with Crippen molar-refractivity contribution in [3.8, 4) is 0 Å². The summed E-state index contributed by atoms with van der Waals surface area (Å²) in [5.41, 5.74) is 1.14. The molecule has 0 saturated carbocycles. The summed E-state index contributed by atoms with van der Waals surface area (Å²) in [4.78, 5) is 0. The van der Waals surface area contributed by atoms with Gasteiger partial charge in [-0.3, -0.25) is 0 Å². The minimum atomic E-state index is -3.09. The van der Waals surface area contributed by atoms with Crippen LogP contribution in [0.3, 0.4) is 0 Å². The van der Waals surface area contributed by atoms with E-state index < -0.39 is 10.0 Å². The molecule has 0 aliphatic heterocycles. The Morgan fingerprint density at radius 2 is 1.86 bits per heavy atom. The van der Waals surface area contributed by atoms with Gasteiger partial charge in [-0.2, -0.15) is 0 Å². The smallest absolute Gasteiger partial charge is 0.208 e. The summed E-state index contributed by atoms with van der Waals surface area (Å²) in [7, 11) is -3.09. The van der Waals surface area contributed by atoms with Crippen molar-refractivity contribution >= 4 is 10.0 Å². The van der Waals surface area contributed by atoms with Gasteiger partial charge >= 0.3 is 0 Å². The average Bonchev–Trinajstić information content (AvgIpc) is 2.02. The summed E-state index contributed by atoms with van der Waals surface area (Å²) in [6.45, 7) is 1.86. The molecule has 3 nitrogen and oxygen atoms in total. The third kappa shape index (κ3) is 4.39. The molecule has 1 rings (SSSR count). The van der Waals surface area contributed by atoms with Crippen molar-refractivity contribution in [1.82, 2.24) is 4.72 Å². The lowest BCUT2D eigenvalue weighted by Gasteiger charge is -2.11. The zero-order valence-electron chi connectivity index (χ0n) is 8.40. The minimum absolute atomic E-state index is 0.0626. The van der Waals surface area contributed by atoms with E-state index in [0.717, 1.165) is 5.56 Å². The predicted molar refractivity (Wildman–Crippen MR) is 57.6 cm³/mol. The van der Waals surface area contributed by atoms with Crippen molar-refractivity contribution in [3.05, 3.63) is 35.9 Å². The van der Waals surface area contributed by atoms with E-state index in [2.05, 4.69) is 4.72 Å². The van der Waals surface area contributed by atoms with Gasteiger partial charge in [0.05, 0.1) is 6.26 Å². The molecule has 1 N–H and O–H groups in total. The Morgan fingerprint density at radius 3 is 2.36 bits per heavy atom. The molecule has 0 aliphatic carbocycles. The fraction of sp³-hybridized carbons (Fsp3) is 0.400. The molecule has 0 amide bonds. The van der Waals surface area contributed by atoms with Crippen molar-refractivity contribution in [2.75, 3.05) is 6.26 Å². The Labute approximate surface area is 85.2 Å². The van der Waals surface area contributed by atoms with Crippen molar-refractivity contribution < 1.29 is 8.42 Å². The van der Waals surface area contributed by atoms with Gasteiger partial charge in [-0.25, -0.2) is 13.1 Å². The lowest BCUT2D eigenvalue weighted by atomic mass is 10.1. The number of hydrogen-bond acceptors (Lipinski definition) is 2. The molecule has 0 saturated heterocycles. The van der Waals surface area contributed by atoms with Gasteiger partial charge in [-0.1, -0.05) is 30.3 Å². The van der Waals surface area contributed by atoms with Crippen LogP contribution >= 0.6 is 0 Å². The van der Waals surface area contributed by atoms with Crippen LogP contribution in [0.25, 0.3) is 0 Å². The number of hydrogen-bond donors (Lipinski definition) is 1. The van der Waals surface area contributed by atoms with E-state index in [0.29, 0.717) is 6.42 Å². The van der Waals surface area contributed by atoms with E-state index in [1.54, 1.807) is 0 Å². The van der Waals surface area contributed by atoms with Gasteiger partial charge in [-0.15, -0.1) is 0 Å². The van der Waals surface area contributed by atoms with E-state index in [-0.39, 0.29) is 6.04 Å². The fourth-order valence-corrected chi connectivity index (χ4v) is 2.19. The molecule has 4 heteroatoms. The summed E-state index contributed by atoms with van der Waals surface area (Å²) >= 11 is 0. The van der Waals surface area contributed by atoms with Gasteiger partial charge < -0.3 is 0 Å². The van der Waals surface area contributed by atoms with Gasteiger partial charge in [0.15, 0.2) is 0 Å². The molecule has 0 heterocycles. The first kappa shape index (κ1) is 11.2. The molecule has 0 unspecified atom stereocenters. The number of rotatable bonds is 4. The van der Waals surface area contributed by atoms with Crippen LogP contribution in [-0.2, 0) is 16.4 Å². The predicted octanol–water partition coefficient (Wildman–Crippen LogP) is 1.17. The van der Waals surface area contributed by atoms with E-state index in [1.165, 1.54) is 6.26 Å². The van der Waals surface area contributed by atoms with Crippen LogP contribution < -0.4 is 4.72 Å². The monoisotopic (exact) mass is 213 g/mol. The largest absolute Gasteiger partial charge is 0.213 e. The number of nitrogens with one attached hydrogen (secondary N) is 1. The second kappa shape index (κ2) is 4.57. The highest BCUT2D eigenvalue weighted by atomic mass is 32.2. The Hall–Kier alpha value is -0.870. The van der Waals surface area contributed by atoms with Crippen LogP contribution in [0.5, 0.6) is 0 Å². The Balaban J connectivity index is 2.54. The lowest BCUT2D eigenvalue weighted by molar-refractivity contribution is 0.565. The highest BCUT2D eigenvalue weighted by Gasteiger charge is 2.08. The molecule has 0 aliphatic rings. The molecule has 1 aromatic rings. The van der Waals surface area contributed by atoms with Crippen molar-refractivity contribution in [3.63, 3.8) is 0 Å². The van der Waals surface area contributed by atoms with Gasteiger partial charge in [0.25, 0.3) is 0 Å². The standard InChI is InChI=1S/C10H15NO2S/c1-9(11-14(2,12)13)8-10-6-4-3-5-7-10/h3-7,9,11H,8H2,1-2H3/t9-/m0/s1. The second-order valence-electron chi connectivity index (χ2n) is 3.48. The van der Waals surface area contributed by atoms with E-state index in [9.17, 15) is 8.42 Å². The van der Waals surface area contributed by atoms with E-state index in [1.807, 2.05) is 37.3 Å². The van der Waals surface area contributed by atoms with Crippen molar-refractivity contribution in [2.24, 2.45) is 0 Å². The van der Waals surface area contributed by atoms with Crippen LogP contribution in [0.15, 0.2) is 30.3 Å². The summed E-state index contributed by atoms with van der Waals surface area (Å²) in [5.74, 6) is 0. The molecule has 0 bridgehead atoms. The van der Waals surface area contributed by atoms with Gasteiger partial charge in [0.1, 0.15) is 0 Å². The maximum atomic E-state index is 10.9. The molecule has 1 atom stereocenters. The van der Waals surface area contributed by atoms with Crippen molar-refractivity contribution in [2.45, 2.75) is 19.4 Å². The summed E-state index contributed by atoms with van der Waals surface area (Å²) in [6.07, 6.45) is 1.89. The third-order valence-corrected chi connectivity index (χ3v) is 2.63. The summed E-state index contributed by atoms with van der Waals surface area (Å²) < 4.78 is 24.4. The number of benzene rings is 1. The second-order valence-corrected chi connectivity index (χ2v) is 5.26. The zero-order valence-corrected chi connectivity index (χ0v) is 9.21.